The van der Waals surface area contributed by atoms with Gasteiger partial charge in [0.15, 0.2) is 0 Å². The van der Waals surface area contributed by atoms with Gasteiger partial charge in [0.2, 0.25) is 0 Å². The van der Waals surface area contributed by atoms with Crippen LogP contribution in [0.1, 0.15) is 50.7 Å². The first-order valence-electron chi connectivity index (χ1n) is 9.80. The minimum absolute atomic E-state index is 0.0517. The van der Waals surface area contributed by atoms with Crippen molar-refractivity contribution >= 4 is 17.5 Å². The highest BCUT2D eigenvalue weighted by molar-refractivity contribution is 6.05. The topological polar surface area (TPSA) is 62.3 Å². The van der Waals surface area contributed by atoms with Gasteiger partial charge < -0.3 is 10.2 Å². The van der Waals surface area contributed by atoms with Gasteiger partial charge in [0.25, 0.3) is 11.8 Å². The molecule has 1 aromatic heterocycles. The maximum absolute atomic E-state index is 13.2. The summed E-state index contributed by atoms with van der Waals surface area (Å²) in [4.78, 5) is 31.3. The number of rotatable bonds is 4. The Hall–Kier alpha value is -3.47. The standard InChI is InChI=1S/C24H23N3O2/c1-27(22-13-5-8-17-7-2-3-12-21(17)22)24(29)18-9-4-11-20(15-18)26-23(28)19-10-6-14-25-16-19/h2-4,6-7,9-12,14-16,22H,5,8,13H2,1H3,(H,26,28). The molecule has 1 unspecified atom stereocenters. The summed E-state index contributed by atoms with van der Waals surface area (Å²) in [5.74, 6) is -0.304. The van der Waals surface area contributed by atoms with Crippen LogP contribution in [0, 0.1) is 0 Å². The van der Waals surface area contributed by atoms with Crippen LogP contribution in [0.2, 0.25) is 0 Å². The molecule has 0 bridgehead atoms. The van der Waals surface area contributed by atoms with Gasteiger partial charge in [0.1, 0.15) is 0 Å². The Kier molecular flexibility index (Phi) is 5.38. The quantitative estimate of drug-likeness (QED) is 0.720. The van der Waals surface area contributed by atoms with Crippen molar-refractivity contribution < 1.29 is 9.59 Å². The molecule has 0 saturated carbocycles. The van der Waals surface area contributed by atoms with E-state index in [9.17, 15) is 9.59 Å². The van der Waals surface area contributed by atoms with E-state index in [1.165, 1.54) is 17.3 Å². The number of nitrogens with zero attached hydrogens (tertiary/aromatic N) is 2. The summed E-state index contributed by atoms with van der Waals surface area (Å²) in [6.07, 6.45) is 6.22. The minimum Gasteiger partial charge on any atom is -0.335 e. The maximum Gasteiger partial charge on any atom is 0.257 e. The zero-order valence-corrected chi connectivity index (χ0v) is 16.3. The van der Waals surface area contributed by atoms with Gasteiger partial charge in [-0.05, 0) is 60.7 Å². The molecule has 0 saturated heterocycles. The molecule has 1 atom stereocenters. The fourth-order valence-electron chi connectivity index (χ4n) is 3.91. The minimum atomic E-state index is -0.253. The number of aryl methyl sites for hydroxylation is 1. The van der Waals surface area contributed by atoms with Crippen molar-refractivity contribution in [1.82, 2.24) is 9.88 Å². The molecule has 5 heteroatoms. The van der Waals surface area contributed by atoms with Crippen LogP contribution in [0.15, 0.2) is 73.1 Å². The Morgan fingerprint density at radius 3 is 2.69 bits per heavy atom. The van der Waals surface area contributed by atoms with Gasteiger partial charge in [-0.2, -0.15) is 0 Å². The lowest BCUT2D eigenvalue weighted by Gasteiger charge is -2.33. The second-order valence-electron chi connectivity index (χ2n) is 7.30. The summed E-state index contributed by atoms with van der Waals surface area (Å²) in [7, 11) is 1.86. The number of nitrogens with one attached hydrogen (secondary N) is 1. The predicted molar refractivity (Wildman–Crippen MR) is 113 cm³/mol. The zero-order chi connectivity index (χ0) is 20.2. The van der Waals surface area contributed by atoms with Crippen LogP contribution in [0.25, 0.3) is 0 Å². The van der Waals surface area contributed by atoms with Crippen molar-refractivity contribution in [1.29, 1.82) is 0 Å². The van der Waals surface area contributed by atoms with Crippen LogP contribution in [0.3, 0.4) is 0 Å². The van der Waals surface area contributed by atoms with Crippen molar-refractivity contribution in [3.63, 3.8) is 0 Å². The Bertz CT molecular complexity index is 1030. The van der Waals surface area contributed by atoms with Crippen molar-refractivity contribution in [3.05, 3.63) is 95.3 Å². The lowest BCUT2D eigenvalue weighted by Crippen LogP contribution is -2.33. The molecule has 2 amide bonds. The molecule has 2 aromatic carbocycles. The third kappa shape index (κ3) is 4.04. The summed E-state index contributed by atoms with van der Waals surface area (Å²) < 4.78 is 0. The van der Waals surface area contributed by atoms with Crippen molar-refractivity contribution in [3.8, 4) is 0 Å². The largest absolute Gasteiger partial charge is 0.335 e. The number of anilines is 1. The second kappa shape index (κ2) is 8.27. The number of carbonyl (C=O) groups is 2. The first-order valence-corrected chi connectivity index (χ1v) is 9.80. The maximum atomic E-state index is 13.2. The third-order valence-electron chi connectivity index (χ3n) is 5.42. The van der Waals surface area contributed by atoms with Crippen LogP contribution in [0.5, 0.6) is 0 Å². The molecule has 1 N–H and O–H groups in total. The molecule has 1 aliphatic carbocycles. The van der Waals surface area contributed by atoms with Gasteiger partial charge in [0, 0.05) is 30.7 Å². The van der Waals surface area contributed by atoms with Crippen molar-refractivity contribution in [2.24, 2.45) is 0 Å². The summed E-state index contributed by atoms with van der Waals surface area (Å²) in [6.45, 7) is 0. The summed E-state index contributed by atoms with van der Waals surface area (Å²) >= 11 is 0. The van der Waals surface area contributed by atoms with Crippen molar-refractivity contribution in [2.45, 2.75) is 25.3 Å². The highest BCUT2D eigenvalue weighted by atomic mass is 16.2. The van der Waals surface area contributed by atoms with E-state index in [4.69, 9.17) is 0 Å². The molecular formula is C24H23N3O2. The van der Waals surface area contributed by atoms with E-state index in [0.717, 1.165) is 19.3 Å². The lowest BCUT2D eigenvalue weighted by atomic mass is 9.87. The Balaban J connectivity index is 1.52. The van der Waals surface area contributed by atoms with Crippen molar-refractivity contribution in [2.75, 3.05) is 12.4 Å². The van der Waals surface area contributed by atoms with Crippen LogP contribution in [-0.4, -0.2) is 28.7 Å². The number of amides is 2. The molecule has 146 valence electrons. The van der Waals surface area contributed by atoms with Gasteiger partial charge in [-0.25, -0.2) is 0 Å². The Labute approximate surface area is 170 Å². The smallest absolute Gasteiger partial charge is 0.257 e. The van der Waals surface area contributed by atoms with Crippen LogP contribution in [-0.2, 0) is 6.42 Å². The normalized spacial score (nSPS) is 15.3. The zero-order valence-electron chi connectivity index (χ0n) is 16.3. The van der Waals surface area contributed by atoms with E-state index in [2.05, 4.69) is 28.5 Å². The van der Waals surface area contributed by atoms with E-state index < -0.39 is 0 Å². The van der Waals surface area contributed by atoms with Crippen LogP contribution in [0.4, 0.5) is 5.69 Å². The van der Waals surface area contributed by atoms with E-state index in [1.807, 2.05) is 18.0 Å². The van der Waals surface area contributed by atoms with Gasteiger partial charge in [-0.1, -0.05) is 30.3 Å². The molecule has 0 fully saturated rings. The van der Waals surface area contributed by atoms with Gasteiger partial charge in [0.05, 0.1) is 11.6 Å². The molecule has 29 heavy (non-hydrogen) atoms. The number of carbonyl (C=O) groups excluding carboxylic acids is 2. The number of pyridine rings is 1. The first kappa shape index (κ1) is 18.9. The Morgan fingerprint density at radius 1 is 1.03 bits per heavy atom. The summed E-state index contributed by atoms with van der Waals surface area (Å²) in [5, 5.41) is 2.84. The monoisotopic (exact) mass is 385 g/mol. The van der Waals surface area contributed by atoms with Crippen LogP contribution >= 0.6 is 0 Å². The van der Waals surface area contributed by atoms with Crippen LogP contribution < -0.4 is 5.32 Å². The molecule has 5 nitrogen and oxygen atoms in total. The number of fused-ring (bicyclic) bond motifs is 1. The number of benzene rings is 2. The molecule has 0 aliphatic heterocycles. The summed E-state index contributed by atoms with van der Waals surface area (Å²) in [6, 6.07) is 18.9. The van der Waals surface area contributed by atoms with E-state index in [1.54, 1.807) is 42.6 Å². The molecular weight excluding hydrogens is 362 g/mol. The predicted octanol–water partition coefficient (Wildman–Crippen LogP) is 4.48. The third-order valence-corrected chi connectivity index (χ3v) is 5.42. The molecule has 1 aliphatic rings. The summed E-state index contributed by atoms with van der Waals surface area (Å²) in [5.41, 5.74) is 4.17. The Morgan fingerprint density at radius 2 is 1.86 bits per heavy atom. The SMILES string of the molecule is CN(C(=O)c1cccc(NC(=O)c2cccnc2)c1)C1CCCc2ccccc21. The average Bonchev–Trinajstić information content (AvgIpc) is 2.78. The first-order chi connectivity index (χ1) is 14.1. The molecule has 1 heterocycles. The fourth-order valence-corrected chi connectivity index (χ4v) is 3.91. The fraction of sp³-hybridized carbons (Fsp3) is 0.208. The molecule has 0 radical (unpaired) electrons. The number of aromatic nitrogens is 1. The number of hydrogen-bond donors (Lipinski definition) is 1. The highest BCUT2D eigenvalue weighted by Gasteiger charge is 2.27. The average molecular weight is 385 g/mol. The molecule has 4 rings (SSSR count). The van der Waals surface area contributed by atoms with E-state index in [-0.39, 0.29) is 17.9 Å². The van der Waals surface area contributed by atoms with E-state index in [0.29, 0.717) is 16.8 Å². The number of hydrogen-bond acceptors (Lipinski definition) is 3. The lowest BCUT2D eigenvalue weighted by molar-refractivity contribution is 0.0715. The van der Waals surface area contributed by atoms with Gasteiger partial charge >= 0.3 is 0 Å². The van der Waals surface area contributed by atoms with Gasteiger partial charge in [-0.3, -0.25) is 14.6 Å². The van der Waals surface area contributed by atoms with E-state index >= 15 is 0 Å². The van der Waals surface area contributed by atoms with Gasteiger partial charge in [-0.15, -0.1) is 0 Å². The highest BCUT2D eigenvalue weighted by Crippen LogP contribution is 2.34. The molecule has 0 spiro atoms. The molecule has 3 aromatic rings. The second-order valence-corrected chi connectivity index (χ2v) is 7.30.